The number of rotatable bonds is 3. The van der Waals surface area contributed by atoms with Crippen LogP contribution < -0.4 is 9.64 Å². The number of carboxylic acids is 1. The van der Waals surface area contributed by atoms with Crippen molar-refractivity contribution in [3.8, 4) is 5.75 Å². The Kier molecular flexibility index (Phi) is 4.08. The number of nitrogens with zero attached hydrogens (tertiary/aromatic N) is 1. The lowest BCUT2D eigenvalue weighted by molar-refractivity contribution is -0.136. The first kappa shape index (κ1) is 15.8. The van der Waals surface area contributed by atoms with Crippen molar-refractivity contribution in [1.82, 2.24) is 0 Å². The maximum atomic E-state index is 12.7. The van der Waals surface area contributed by atoms with Crippen molar-refractivity contribution in [2.24, 2.45) is 0 Å². The molecule has 5 heteroatoms. The highest BCUT2D eigenvalue weighted by Gasteiger charge is 2.31. The molecule has 1 N–H and O–H groups in total. The van der Waals surface area contributed by atoms with Gasteiger partial charge in [-0.3, -0.25) is 14.5 Å². The van der Waals surface area contributed by atoms with Gasteiger partial charge in [0.05, 0.1) is 5.69 Å². The Bertz CT molecular complexity index is 837. The fourth-order valence-corrected chi connectivity index (χ4v) is 2.53. The normalized spacial score (nSPS) is 15.2. The van der Waals surface area contributed by atoms with Crippen LogP contribution in [0.1, 0.15) is 16.7 Å². The average molecular weight is 323 g/mol. The molecule has 2 aromatic rings. The quantitative estimate of drug-likeness (QED) is 0.881. The van der Waals surface area contributed by atoms with E-state index in [4.69, 9.17) is 9.84 Å². The highest BCUT2D eigenvalue weighted by molar-refractivity contribution is 6.11. The van der Waals surface area contributed by atoms with Crippen molar-refractivity contribution >= 4 is 23.6 Å². The Labute approximate surface area is 139 Å². The SMILES string of the molecule is Cc1ccc(/C=C2/Oc3ccc(C)cc3N(CC(=O)O)C2=O)cc1. The van der Waals surface area contributed by atoms with Crippen molar-refractivity contribution in [1.29, 1.82) is 0 Å². The molecule has 2 aromatic carbocycles. The third-order valence-corrected chi connectivity index (χ3v) is 3.75. The molecule has 1 aliphatic heterocycles. The van der Waals surface area contributed by atoms with Crippen LogP contribution in [0.2, 0.25) is 0 Å². The Morgan fingerprint density at radius 3 is 2.46 bits per heavy atom. The van der Waals surface area contributed by atoms with Gasteiger partial charge in [-0.2, -0.15) is 0 Å². The Balaban J connectivity index is 2.04. The Morgan fingerprint density at radius 1 is 1.12 bits per heavy atom. The molecule has 0 fully saturated rings. The van der Waals surface area contributed by atoms with Crippen LogP contribution in [0.4, 0.5) is 5.69 Å². The van der Waals surface area contributed by atoms with Crippen molar-refractivity contribution in [2.75, 3.05) is 11.4 Å². The molecule has 122 valence electrons. The summed E-state index contributed by atoms with van der Waals surface area (Å²) in [6, 6.07) is 13.0. The zero-order chi connectivity index (χ0) is 17.3. The number of carbonyl (C=O) groups excluding carboxylic acids is 1. The molecule has 0 aliphatic carbocycles. The molecule has 0 saturated carbocycles. The molecule has 3 rings (SSSR count). The molecule has 0 spiro atoms. The fourth-order valence-electron chi connectivity index (χ4n) is 2.53. The summed E-state index contributed by atoms with van der Waals surface area (Å²) in [5.41, 5.74) is 3.33. The Hall–Kier alpha value is -3.08. The second-order valence-electron chi connectivity index (χ2n) is 5.78. The number of aryl methyl sites for hydroxylation is 2. The summed E-state index contributed by atoms with van der Waals surface area (Å²) in [5, 5.41) is 9.13. The van der Waals surface area contributed by atoms with E-state index >= 15 is 0 Å². The molecule has 1 heterocycles. The molecule has 0 saturated heterocycles. The highest BCUT2D eigenvalue weighted by atomic mass is 16.5. The number of carboxylic acid groups (broad SMARTS) is 1. The summed E-state index contributed by atoms with van der Waals surface area (Å²) in [4.78, 5) is 25.1. The van der Waals surface area contributed by atoms with Crippen molar-refractivity contribution in [3.63, 3.8) is 0 Å². The molecule has 1 aliphatic rings. The summed E-state index contributed by atoms with van der Waals surface area (Å²) in [5.74, 6) is -0.959. The number of fused-ring (bicyclic) bond motifs is 1. The van der Waals surface area contributed by atoms with E-state index < -0.39 is 18.4 Å². The van der Waals surface area contributed by atoms with Crippen LogP contribution in [0.15, 0.2) is 48.2 Å². The number of hydrogen-bond donors (Lipinski definition) is 1. The number of ether oxygens (including phenoxy) is 1. The summed E-state index contributed by atoms with van der Waals surface area (Å²) in [7, 11) is 0. The lowest BCUT2D eigenvalue weighted by atomic mass is 10.1. The van der Waals surface area contributed by atoms with Gasteiger partial charge in [-0.25, -0.2) is 0 Å². The molecule has 0 unspecified atom stereocenters. The molecule has 24 heavy (non-hydrogen) atoms. The number of amides is 1. The minimum Gasteiger partial charge on any atom is -0.480 e. The number of hydrogen-bond acceptors (Lipinski definition) is 3. The van der Waals surface area contributed by atoms with Gasteiger partial charge in [0.25, 0.3) is 5.91 Å². The van der Waals surface area contributed by atoms with Gasteiger partial charge in [0.15, 0.2) is 11.5 Å². The summed E-state index contributed by atoms with van der Waals surface area (Å²) >= 11 is 0. The lowest BCUT2D eigenvalue weighted by Crippen LogP contribution is -2.40. The van der Waals surface area contributed by atoms with Gasteiger partial charge in [0.1, 0.15) is 6.54 Å². The maximum absolute atomic E-state index is 12.7. The first-order valence-corrected chi connectivity index (χ1v) is 7.54. The first-order valence-electron chi connectivity index (χ1n) is 7.54. The zero-order valence-corrected chi connectivity index (χ0v) is 13.4. The van der Waals surface area contributed by atoms with Crippen LogP contribution in [-0.4, -0.2) is 23.5 Å². The predicted molar refractivity (Wildman–Crippen MR) is 91.0 cm³/mol. The van der Waals surface area contributed by atoms with Gasteiger partial charge in [-0.05, 0) is 43.2 Å². The molecular weight excluding hydrogens is 306 g/mol. The smallest absolute Gasteiger partial charge is 0.323 e. The highest BCUT2D eigenvalue weighted by Crippen LogP contribution is 2.36. The van der Waals surface area contributed by atoms with Crippen LogP contribution >= 0.6 is 0 Å². The van der Waals surface area contributed by atoms with Crippen molar-refractivity contribution < 1.29 is 19.4 Å². The molecule has 0 aromatic heterocycles. The predicted octanol–water partition coefficient (Wildman–Crippen LogP) is 3.15. The van der Waals surface area contributed by atoms with E-state index in [9.17, 15) is 9.59 Å². The van der Waals surface area contributed by atoms with Gasteiger partial charge in [-0.1, -0.05) is 35.9 Å². The van der Waals surface area contributed by atoms with Gasteiger partial charge >= 0.3 is 5.97 Å². The summed E-state index contributed by atoms with van der Waals surface area (Å²) in [6.07, 6.45) is 1.62. The van der Waals surface area contributed by atoms with E-state index in [0.29, 0.717) is 11.4 Å². The van der Waals surface area contributed by atoms with Gasteiger partial charge in [-0.15, -0.1) is 0 Å². The van der Waals surface area contributed by atoms with Gasteiger partial charge in [0.2, 0.25) is 0 Å². The number of carbonyl (C=O) groups is 2. The molecule has 0 atom stereocenters. The molecule has 0 radical (unpaired) electrons. The third-order valence-electron chi connectivity index (χ3n) is 3.75. The Morgan fingerprint density at radius 2 is 1.79 bits per heavy atom. The molecule has 5 nitrogen and oxygen atoms in total. The average Bonchev–Trinajstić information content (AvgIpc) is 2.54. The van der Waals surface area contributed by atoms with E-state index in [2.05, 4.69) is 0 Å². The van der Waals surface area contributed by atoms with Crippen LogP contribution in [0.5, 0.6) is 5.75 Å². The second kappa shape index (κ2) is 6.20. The van der Waals surface area contributed by atoms with Crippen LogP contribution in [0, 0.1) is 13.8 Å². The topological polar surface area (TPSA) is 66.8 Å². The lowest BCUT2D eigenvalue weighted by Gasteiger charge is -2.29. The number of benzene rings is 2. The third kappa shape index (κ3) is 3.15. The molecular formula is C19H17NO4. The van der Waals surface area contributed by atoms with E-state index in [0.717, 1.165) is 16.7 Å². The van der Waals surface area contributed by atoms with Crippen molar-refractivity contribution in [2.45, 2.75) is 13.8 Å². The zero-order valence-electron chi connectivity index (χ0n) is 13.4. The number of anilines is 1. The van der Waals surface area contributed by atoms with Gasteiger partial charge in [0, 0.05) is 0 Å². The minimum absolute atomic E-state index is 0.108. The van der Waals surface area contributed by atoms with Crippen molar-refractivity contribution in [3.05, 3.63) is 64.9 Å². The molecule has 0 bridgehead atoms. The largest absolute Gasteiger partial charge is 0.480 e. The maximum Gasteiger partial charge on any atom is 0.323 e. The monoisotopic (exact) mass is 323 g/mol. The standard InChI is InChI=1S/C19H17NO4/c1-12-3-6-14(7-4-12)10-17-19(23)20(11-18(21)22)15-9-13(2)5-8-16(15)24-17/h3-10H,11H2,1-2H3,(H,21,22)/b17-10+. The van der Waals surface area contributed by atoms with E-state index in [1.54, 1.807) is 18.2 Å². The van der Waals surface area contributed by atoms with E-state index in [1.807, 2.05) is 44.2 Å². The van der Waals surface area contributed by atoms with Crippen LogP contribution in [0.3, 0.4) is 0 Å². The minimum atomic E-state index is -1.08. The van der Waals surface area contributed by atoms with E-state index in [1.165, 1.54) is 4.90 Å². The second-order valence-corrected chi connectivity index (χ2v) is 5.78. The fraction of sp³-hybridized carbons (Fsp3) is 0.158. The van der Waals surface area contributed by atoms with E-state index in [-0.39, 0.29) is 5.76 Å². The number of aliphatic carboxylic acids is 1. The van der Waals surface area contributed by atoms with Gasteiger partial charge < -0.3 is 9.84 Å². The van der Waals surface area contributed by atoms with Crippen LogP contribution in [-0.2, 0) is 9.59 Å². The van der Waals surface area contributed by atoms with Crippen LogP contribution in [0.25, 0.3) is 6.08 Å². The molecule has 1 amide bonds. The summed E-state index contributed by atoms with van der Waals surface area (Å²) < 4.78 is 5.72. The summed E-state index contributed by atoms with van der Waals surface area (Å²) in [6.45, 7) is 3.44. The first-order chi connectivity index (χ1) is 11.4.